The summed E-state index contributed by atoms with van der Waals surface area (Å²) in [5.41, 5.74) is 1.86. The molecule has 0 spiro atoms. The highest BCUT2D eigenvalue weighted by Gasteiger charge is 2.18. The molecule has 0 N–H and O–H groups in total. The summed E-state index contributed by atoms with van der Waals surface area (Å²) in [6.45, 7) is 0. The van der Waals surface area contributed by atoms with Crippen LogP contribution < -0.4 is 0 Å². The maximum absolute atomic E-state index is 6.19. The Kier molecular flexibility index (Phi) is 4.01. The number of hydrogen-bond donors (Lipinski definition) is 0. The lowest BCUT2D eigenvalue weighted by Gasteiger charge is -2.13. The highest BCUT2D eigenvalue weighted by atomic mass is 35.5. The normalized spacial score (nSPS) is 17.1. The predicted molar refractivity (Wildman–Crippen MR) is 79.7 cm³/mol. The lowest BCUT2D eigenvalue weighted by Crippen LogP contribution is -2.05. The van der Waals surface area contributed by atoms with Gasteiger partial charge in [-0.25, -0.2) is 9.97 Å². The topological polar surface area (TPSA) is 43.6 Å². The number of aryl methyl sites for hydroxylation is 1. The lowest BCUT2D eigenvalue weighted by molar-refractivity contribution is 0.561. The van der Waals surface area contributed by atoms with Gasteiger partial charge in [0.25, 0.3) is 0 Å². The fourth-order valence-corrected chi connectivity index (χ4v) is 3.05. The van der Waals surface area contributed by atoms with E-state index in [0.29, 0.717) is 11.1 Å². The van der Waals surface area contributed by atoms with Crippen molar-refractivity contribution in [2.24, 2.45) is 7.05 Å². The van der Waals surface area contributed by atoms with Crippen LogP contribution in [-0.4, -0.2) is 19.7 Å². The Morgan fingerprint density at radius 1 is 1.15 bits per heavy atom. The summed E-state index contributed by atoms with van der Waals surface area (Å²) in [7, 11) is 1.90. The van der Waals surface area contributed by atoms with E-state index < -0.39 is 0 Å². The third kappa shape index (κ3) is 3.01. The van der Waals surface area contributed by atoms with Crippen molar-refractivity contribution < 1.29 is 0 Å². The van der Waals surface area contributed by atoms with E-state index in [9.17, 15) is 0 Å². The van der Waals surface area contributed by atoms with E-state index in [1.165, 1.54) is 38.5 Å². The third-order valence-electron chi connectivity index (χ3n) is 3.93. The van der Waals surface area contributed by atoms with Crippen LogP contribution in [0.25, 0.3) is 11.3 Å². The van der Waals surface area contributed by atoms with Gasteiger partial charge < -0.3 is 0 Å². The van der Waals surface area contributed by atoms with Gasteiger partial charge in [0.05, 0.1) is 11.9 Å². The number of halogens is 1. The van der Waals surface area contributed by atoms with Gasteiger partial charge in [-0.1, -0.05) is 37.3 Å². The summed E-state index contributed by atoms with van der Waals surface area (Å²) in [6.07, 6.45) is 11.3. The average Bonchev–Trinajstić information content (AvgIpc) is 2.71. The summed E-state index contributed by atoms with van der Waals surface area (Å²) < 4.78 is 1.77. The van der Waals surface area contributed by atoms with Crippen LogP contribution >= 0.6 is 11.6 Å². The zero-order valence-corrected chi connectivity index (χ0v) is 12.5. The van der Waals surface area contributed by atoms with Crippen LogP contribution in [0.1, 0.15) is 50.3 Å². The van der Waals surface area contributed by atoms with E-state index in [2.05, 4.69) is 10.1 Å². The van der Waals surface area contributed by atoms with Gasteiger partial charge in [0, 0.05) is 30.8 Å². The quantitative estimate of drug-likeness (QED) is 0.621. The van der Waals surface area contributed by atoms with Crippen LogP contribution in [0.3, 0.4) is 0 Å². The summed E-state index contributed by atoms with van der Waals surface area (Å²) in [5, 5.41) is 4.72. The predicted octanol–water partition coefficient (Wildman–Crippen LogP) is 3.97. The van der Waals surface area contributed by atoms with Crippen molar-refractivity contribution in [3.8, 4) is 11.3 Å². The molecule has 1 aliphatic carbocycles. The highest BCUT2D eigenvalue weighted by molar-refractivity contribution is 6.29. The first kappa shape index (κ1) is 13.6. The maximum Gasteiger partial charge on any atom is 0.133 e. The van der Waals surface area contributed by atoms with Gasteiger partial charge in [0.2, 0.25) is 0 Å². The van der Waals surface area contributed by atoms with Crippen molar-refractivity contribution in [2.45, 2.75) is 44.4 Å². The molecule has 0 amide bonds. The molecule has 106 valence electrons. The standard InChI is InChI=1S/C15H19ClN4/c1-20-10-12(9-17-20)13-8-14(16)19-15(18-13)11-6-4-2-3-5-7-11/h8-11H,2-7H2,1H3. The molecule has 2 aromatic heterocycles. The molecule has 0 atom stereocenters. The molecular weight excluding hydrogens is 272 g/mol. The van der Waals surface area contributed by atoms with E-state index >= 15 is 0 Å². The summed E-state index contributed by atoms with van der Waals surface area (Å²) in [5.74, 6) is 1.35. The Morgan fingerprint density at radius 3 is 2.55 bits per heavy atom. The molecule has 0 bridgehead atoms. The van der Waals surface area contributed by atoms with Crippen molar-refractivity contribution in [1.29, 1.82) is 0 Å². The first-order chi connectivity index (χ1) is 9.72. The molecule has 5 heteroatoms. The fourth-order valence-electron chi connectivity index (χ4n) is 2.86. The molecule has 0 aliphatic heterocycles. The molecule has 1 saturated carbocycles. The zero-order valence-electron chi connectivity index (χ0n) is 11.7. The summed E-state index contributed by atoms with van der Waals surface area (Å²) in [6, 6.07) is 1.82. The Balaban J connectivity index is 1.93. The minimum Gasteiger partial charge on any atom is -0.275 e. The van der Waals surface area contributed by atoms with E-state index in [4.69, 9.17) is 16.6 Å². The zero-order chi connectivity index (χ0) is 13.9. The van der Waals surface area contributed by atoms with Gasteiger partial charge in [-0.05, 0) is 12.8 Å². The molecule has 0 unspecified atom stereocenters. The minimum atomic E-state index is 0.451. The number of hydrogen-bond acceptors (Lipinski definition) is 3. The first-order valence-corrected chi connectivity index (χ1v) is 7.63. The van der Waals surface area contributed by atoms with E-state index in [1.807, 2.05) is 25.5 Å². The van der Waals surface area contributed by atoms with Crippen LogP contribution in [0.4, 0.5) is 0 Å². The second-order valence-corrected chi connectivity index (χ2v) is 5.91. The number of rotatable bonds is 2. The van der Waals surface area contributed by atoms with Gasteiger partial charge in [0.15, 0.2) is 0 Å². The van der Waals surface area contributed by atoms with Gasteiger partial charge in [0.1, 0.15) is 11.0 Å². The SMILES string of the molecule is Cn1cc(-c2cc(Cl)nc(C3CCCCCC3)n2)cn1. The monoisotopic (exact) mass is 290 g/mol. The van der Waals surface area contributed by atoms with Gasteiger partial charge in [-0.3, -0.25) is 4.68 Å². The van der Waals surface area contributed by atoms with Crippen LogP contribution in [0, 0.1) is 0 Å². The lowest BCUT2D eigenvalue weighted by atomic mass is 9.99. The Labute approximate surface area is 124 Å². The van der Waals surface area contributed by atoms with Crippen molar-refractivity contribution >= 4 is 11.6 Å². The Morgan fingerprint density at radius 2 is 1.90 bits per heavy atom. The molecule has 3 rings (SSSR count). The van der Waals surface area contributed by atoms with E-state index in [-0.39, 0.29) is 0 Å². The Bertz CT molecular complexity index is 585. The molecule has 2 heterocycles. The van der Waals surface area contributed by atoms with E-state index in [1.54, 1.807) is 4.68 Å². The van der Waals surface area contributed by atoms with Crippen molar-refractivity contribution in [2.75, 3.05) is 0 Å². The smallest absolute Gasteiger partial charge is 0.133 e. The Hall–Kier alpha value is -1.42. The molecular formula is C15H19ClN4. The molecule has 4 nitrogen and oxygen atoms in total. The third-order valence-corrected chi connectivity index (χ3v) is 4.13. The van der Waals surface area contributed by atoms with Crippen molar-refractivity contribution in [3.05, 3.63) is 29.4 Å². The van der Waals surface area contributed by atoms with Crippen LogP contribution in [0.15, 0.2) is 18.5 Å². The van der Waals surface area contributed by atoms with E-state index in [0.717, 1.165) is 17.1 Å². The second kappa shape index (κ2) is 5.92. The molecule has 1 fully saturated rings. The minimum absolute atomic E-state index is 0.451. The molecule has 1 aliphatic rings. The molecule has 0 radical (unpaired) electrons. The van der Waals surface area contributed by atoms with Crippen LogP contribution in [0.2, 0.25) is 5.15 Å². The first-order valence-electron chi connectivity index (χ1n) is 7.26. The summed E-state index contributed by atoms with van der Waals surface area (Å²) in [4.78, 5) is 9.19. The molecule has 0 saturated heterocycles. The number of aromatic nitrogens is 4. The molecule has 0 aromatic carbocycles. The second-order valence-electron chi connectivity index (χ2n) is 5.53. The van der Waals surface area contributed by atoms with Gasteiger partial charge >= 0.3 is 0 Å². The average molecular weight is 291 g/mol. The molecule has 2 aromatic rings. The van der Waals surface area contributed by atoms with Crippen molar-refractivity contribution in [1.82, 2.24) is 19.7 Å². The van der Waals surface area contributed by atoms with Gasteiger partial charge in [-0.2, -0.15) is 5.10 Å². The fraction of sp³-hybridized carbons (Fsp3) is 0.533. The van der Waals surface area contributed by atoms with Crippen molar-refractivity contribution in [3.63, 3.8) is 0 Å². The van der Waals surface area contributed by atoms with Crippen LogP contribution in [-0.2, 0) is 7.05 Å². The van der Waals surface area contributed by atoms with Gasteiger partial charge in [-0.15, -0.1) is 0 Å². The maximum atomic E-state index is 6.19. The highest BCUT2D eigenvalue weighted by Crippen LogP contribution is 2.31. The summed E-state index contributed by atoms with van der Waals surface area (Å²) >= 11 is 6.19. The van der Waals surface area contributed by atoms with Crippen LogP contribution in [0.5, 0.6) is 0 Å². The largest absolute Gasteiger partial charge is 0.275 e. The number of nitrogens with zero attached hydrogens (tertiary/aromatic N) is 4. The molecule has 20 heavy (non-hydrogen) atoms.